The molecule has 0 aliphatic heterocycles. The third kappa shape index (κ3) is 12.4. The summed E-state index contributed by atoms with van der Waals surface area (Å²) in [6, 6.07) is 53.1. The molecule has 8 aliphatic rings. The van der Waals surface area contributed by atoms with Crippen LogP contribution in [0.4, 0.5) is 0 Å². The third-order valence-corrected chi connectivity index (χ3v) is 23.3. The first-order valence-electron chi connectivity index (χ1n) is 33.4. The zero-order valence-corrected chi connectivity index (χ0v) is 56.2. The normalized spacial score (nSPS) is 25.5. The smallest absolute Gasteiger partial charge is 0.0715 e. The number of carbonyl (C=O) groups excluding carboxylic acids is 9. The van der Waals surface area contributed by atoms with Gasteiger partial charge < -0.3 is 104 Å². The Morgan fingerprint density at radius 2 is 0.390 bits per heavy atom. The number of aromatic carboxylic acids is 6. The molecule has 536 valence electrons. The van der Waals surface area contributed by atoms with Crippen molar-refractivity contribution >= 4 is 65.2 Å². The lowest BCUT2D eigenvalue weighted by Gasteiger charge is -2.72. The van der Waals surface area contributed by atoms with Crippen LogP contribution in [-0.2, 0) is 41.5 Å². The molecule has 0 unspecified atom stereocenters. The number of carboxylic acid groups (broad SMARTS) is 9. The molecule has 0 aromatic heterocycles. The van der Waals surface area contributed by atoms with Gasteiger partial charge in [-0.05, 0) is 193 Å². The summed E-state index contributed by atoms with van der Waals surface area (Å²) in [5.41, 5.74) is -1.63. The fraction of sp³-hybridized carbons (Fsp3) is 0.250. The fourth-order valence-corrected chi connectivity index (χ4v) is 19.8. The van der Waals surface area contributed by atoms with Crippen molar-refractivity contribution in [1.29, 1.82) is 0 Å². The quantitative estimate of drug-likeness (QED) is 0.0683. The Kier molecular flexibility index (Phi) is 18.0. The van der Waals surface area contributed by atoms with Gasteiger partial charge in [-0.25, -0.2) is 0 Å². The van der Waals surface area contributed by atoms with E-state index in [4.69, 9.17) is 0 Å². The maximum absolute atomic E-state index is 12.1. The number of carbonyl (C=O) groups is 9. The number of hydrogen-bond acceptors (Lipinski definition) is 21. The third-order valence-electron chi connectivity index (χ3n) is 23.3. The molecule has 16 rings (SSSR count). The summed E-state index contributed by atoms with van der Waals surface area (Å²) in [7, 11) is 0. The molecule has 8 aromatic rings. The van der Waals surface area contributed by atoms with Crippen molar-refractivity contribution in [2.75, 3.05) is 0 Å². The Labute approximate surface area is 601 Å². The van der Waals surface area contributed by atoms with E-state index in [0.717, 1.165) is 60.8 Å². The van der Waals surface area contributed by atoms with Gasteiger partial charge in [0.15, 0.2) is 0 Å². The molecule has 0 saturated heterocycles. The lowest BCUT2D eigenvalue weighted by Crippen LogP contribution is -2.71. The van der Waals surface area contributed by atoms with Gasteiger partial charge in [-0.2, -0.15) is 0 Å². The van der Waals surface area contributed by atoms with E-state index in [1.54, 1.807) is 97.1 Å². The number of carboxylic acids is 9. The second-order valence-electron chi connectivity index (χ2n) is 29.6. The number of hydrogen-bond donors (Lipinski definition) is 0. The molecule has 0 heterocycles. The van der Waals surface area contributed by atoms with Crippen LogP contribution in [0, 0.1) is 21.7 Å². The molecule has 8 saturated carbocycles. The van der Waals surface area contributed by atoms with Crippen LogP contribution in [0.15, 0.2) is 220 Å². The van der Waals surface area contributed by atoms with Crippen LogP contribution in [-0.4, -0.2) is 53.7 Å². The van der Waals surface area contributed by atoms with Gasteiger partial charge >= 0.3 is 0 Å². The second kappa shape index (κ2) is 26.1. The standard InChI is InChI=1S/C39H34O7.C30H22O7.C15H18O7/c1-24(40)25-2-10-29(11-3-25)36-18-37(30-12-4-26(5-13-30)33(41)42)21-38(19-36,31-14-6-27(7-15-31)34(43)44)23-39(20-36,22-37)32-16-8-28(9-17-32)35(45)46;1-18(31)19-2-10-23(11-3-19)30(24-12-4-20(5-13-24)27(32)33,25-14-6-21(7-15-25)28(34)35)26-16-8-22(9-17-26)29(36)37;1-8(16)12-2-13(9(17)18)5-14(3-12,10(19)20)7-15(4-12,6-13)11(21)22/h2-17,40H,1,18-23H2,(H,41,42)(H,43,44)(H,45,46);2-17,31H,1H2,(H,32,33)(H,34,35)(H,36,37);16H,1-7H2,(H,17,18)(H,19,20)(H,21,22)/p-12. The molecule has 8 bridgehead atoms. The monoisotopic (exact) mass is 1410 g/mol. The summed E-state index contributed by atoms with van der Waals surface area (Å²) in [5.74, 6) is -13.6. The summed E-state index contributed by atoms with van der Waals surface area (Å²) < 4.78 is 0. The summed E-state index contributed by atoms with van der Waals surface area (Å²) >= 11 is 0. The minimum Gasteiger partial charge on any atom is -0.875 e. The van der Waals surface area contributed by atoms with Gasteiger partial charge in [-0.15, -0.1) is 37.0 Å². The largest absolute Gasteiger partial charge is 0.875 e. The van der Waals surface area contributed by atoms with Crippen molar-refractivity contribution < 1.29 is 104 Å². The molecule has 21 heteroatoms. The fourth-order valence-electron chi connectivity index (χ4n) is 19.8. The first-order chi connectivity index (χ1) is 49.5. The predicted molar refractivity (Wildman–Crippen MR) is 351 cm³/mol. The van der Waals surface area contributed by atoms with Crippen LogP contribution >= 0.6 is 0 Å². The van der Waals surface area contributed by atoms with Gasteiger partial charge in [0.2, 0.25) is 0 Å². The van der Waals surface area contributed by atoms with Gasteiger partial charge in [-0.3, -0.25) is 0 Å². The van der Waals surface area contributed by atoms with E-state index in [0.29, 0.717) is 33.4 Å². The van der Waals surface area contributed by atoms with E-state index in [-0.39, 0.29) is 88.8 Å². The van der Waals surface area contributed by atoms with E-state index < -0.39 is 103 Å². The molecule has 8 aliphatic carbocycles. The highest BCUT2D eigenvalue weighted by Gasteiger charge is 2.71. The molecular formula is C84H62O21-12. The molecular weight excluding hydrogens is 1340 g/mol. The maximum Gasteiger partial charge on any atom is 0.0715 e. The van der Waals surface area contributed by atoms with E-state index in [1.807, 2.05) is 60.7 Å². The zero-order chi connectivity index (χ0) is 75.8. The highest BCUT2D eigenvalue weighted by atomic mass is 16.4. The number of benzene rings is 8. The Hall–Kier alpha value is -12.4. The summed E-state index contributed by atoms with van der Waals surface area (Å²) in [5, 5.41) is 140. The van der Waals surface area contributed by atoms with Crippen molar-refractivity contribution in [3.05, 3.63) is 309 Å². The minimum absolute atomic E-state index is 0.0461. The van der Waals surface area contributed by atoms with Gasteiger partial charge in [-0.1, -0.05) is 194 Å². The van der Waals surface area contributed by atoms with Crippen LogP contribution in [0.3, 0.4) is 0 Å². The highest BCUT2D eigenvalue weighted by Crippen LogP contribution is 2.76. The molecule has 0 N–H and O–H groups in total. The molecule has 0 amide bonds. The average molecular weight is 1410 g/mol. The maximum atomic E-state index is 12.1. The van der Waals surface area contributed by atoms with Crippen molar-refractivity contribution in [3.63, 3.8) is 0 Å². The zero-order valence-electron chi connectivity index (χ0n) is 56.2. The van der Waals surface area contributed by atoms with Crippen molar-refractivity contribution in [2.24, 2.45) is 21.7 Å². The molecule has 105 heavy (non-hydrogen) atoms. The van der Waals surface area contributed by atoms with Crippen LogP contribution in [0.5, 0.6) is 0 Å². The van der Waals surface area contributed by atoms with Crippen molar-refractivity contribution in [3.8, 4) is 0 Å². The minimum atomic E-state index is -1.66. The molecule has 0 spiro atoms. The molecule has 8 aromatic carbocycles. The molecule has 21 nitrogen and oxygen atoms in total. The van der Waals surface area contributed by atoms with Crippen molar-refractivity contribution in [1.82, 2.24) is 0 Å². The molecule has 0 radical (unpaired) electrons. The predicted octanol–water partition coefficient (Wildman–Crippen LogP) is -0.531. The van der Waals surface area contributed by atoms with E-state index in [1.165, 1.54) is 36.4 Å². The van der Waals surface area contributed by atoms with Crippen LogP contribution in [0.1, 0.15) is 195 Å². The lowest BCUT2D eigenvalue weighted by atomic mass is 9.32. The summed E-state index contributed by atoms with van der Waals surface area (Å²) in [6.07, 6.45) is 3.40. The topological polar surface area (TPSA) is 430 Å². The van der Waals surface area contributed by atoms with Gasteiger partial charge in [0.1, 0.15) is 0 Å². The first kappa shape index (κ1) is 72.4. The summed E-state index contributed by atoms with van der Waals surface area (Å²) in [6.45, 7) is 10.3. The number of allylic oxidation sites excluding steroid dienone is 1. The number of rotatable bonds is 20. The number of aliphatic carboxylic acids is 3. The first-order valence-corrected chi connectivity index (χ1v) is 33.4. The average Bonchev–Trinajstić information content (AvgIpc) is 0.671. The van der Waals surface area contributed by atoms with Crippen LogP contribution < -0.4 is 61.3 Å². The Bertz CT molecular complexity index is 4220. The summed E-state index contributed by atoms with van der Waals surface area (Å²) in [4.78, 5) is 104. The van der Waals surface area contributed by atoms with Gasteiger partial charge in [0.05, 0.1) is 41.2 Å². The second-order valence-corrected chi connectivity index (χ2v) is 29.6. The lowest BCUT2D eigenvalue weighted by molar-refractivity contribution is -0.379. The van der Waals surface area contributed by atoms with E-state index >= 15 is 0 Å². The highest BCUT2D eigenvalue weighted by molar-refractivity contribution is 5.90. The Morgan fingerprint density at radius 3 is 0.552 bits per heavy atom. The Balaban J connectivity index is 0.000000157. The van der Waals surface area contributed by atoms with Crippen LogP contribution in [0.25, 0.3) is 11.5 Å². The van der Waals surface area contributed by atoms with E-state index in [9.17, 15) is 104 Å². The molecule has 8 fully saturated rings. The van der Waals surface area contributed by atoms with E-state index in [2.05, 4.69) is 19.7 Å². The molecule has 0 atom stereocenters. The van der Waals surface area contributed by atoms with Gasteiger partial charge in [0, 0.05) is 34.2 Å². The SMILES string of the molecule is C=C([O-])C12CC3(C(=O)[O-])CC(C(=O)[O-])(C1)CC(C(=O)[O-])(C2)C3.C=C([O-])c1ccc(C(c2ccc(C(=O)[O-])cc2)(c2ccc(C(=O)[O-])cc2)c2ccc(C(=O)[O-])cc2)cc1.C=C([O-])c1ccc(C23CC4(c5ccc(C(=O)[O-])cc5)CC(c5ccc(C(=O)[O-])cc5)(C2)CC(c2ccc(C(=O)[O-])cc2)(C3)C4)cc1. The van der Waals surface area contributed by atoms with Crippen molar-refractivity contribution in [2.45, 2.75) is 104 Å². The van der Waals surface area contributed by atoms with Crippen LogP contribution in [0.2, 0.25) is 0 Å². The van der Waals surface area contributed by atoms with Gasteiger partial charge in [0.25, 0.3) is 0 Å². The Morgan fingerprint density at radius 1 is 0.229 bits per heavy atom.